The van der Waals surface area contributed by atoms with Gasteiger partial charge in [0.25, 0.3) is 0 Å². The summed E-state index contributed by atoms with van der Waals surface area (Å²) in [5.74, 6) is -1.49. The third-order valence-corrected chi connectivity index (χ3v) is 2.81. The van der Waals surface area contributed by atoms with Crippen LogP contribution in [0.15, 0.2) is 18.2 Å². The van der Waals surface area contributed by atoms with Crippen molar-refractivity contribution in [3.63, 3.8) is 0 Å². The molecular weight excluding hydrogens is 315 g/mol. The van der Waals surface area contributed by atoms with Crippen LogP contribution in [0.5, 0.6) is 0 Å². The Kier molecular flexibility index (Phi) is 5.29. The van der Waals surface area contributed by atoms with Gasteiger partial charge in [0.1, 0.15) is 5.60 Å². The normalized spacial score (nSPS) is 13.3. The first-order valence-electron chi connectivity index (χ1n) is 6.71. The number of benzene rings is 1. The largest absolute Gasteiger partial charge is 0.479 e. The SMILES string of the molecule is Cc1ccc(C(NC(=O)OC(C)(C)C)C(=O)O)cc1C(F)(F)F. The number of amides is 1. The molecule has 0 aliphatic heterocycles. The van der Waals surface area contributed by atoms with Crippen molar-refractivity contribution in [3.8, 4) is 0 Å². The molecule has 0 aromatic heterocycles. The zero-order chi connectivity index (χ0) is 18.0. The van der Waals surface area contributed by atoms with Crippen molar-refractivity contribution in [2.24, 2.45) is 0 Å². The fourth-order valence-electron chi connectivity index (χ4n) is 1.84. The standard InChI is InChI=1S/C15H18F3NO4/c1-8-5-6-9(7-10(8)15(16,17)18)11(12(20)21)19-13(22)23-14(2,3)4/h5-7,11H,1-4H3,(H,19,22)(H,20,21). The van der Waals surface area contributed by atoms with Crippen molar-refractivity contribution in [2.45, 2.75) is 45.5 Å². The zero-order valence-corrected chi connectivity index (χ0v) is 13.1. The lowest BCUT2D eigenvalue weighted by Gasteiger charge is -2.22. The van der Waals surface area contributed by atoms with Crippen LogP contribution in [0.3, 0.4) is 0 Å². The molecule has 8 heteroatoms. The number of halogens is 3. The molecule has 1 aromatic carbocycles. The molecule has 2 N–H and O–H groups in total. The van der Waals surface area contributed by atoms with Crippen molar-refractivity contribution < 1.29 is 32.6 Å². The van der Waals surface area contributed by atoms with Gasteiger partial charge in [0.05, 0.1) is 5.56 Å². The number of carboxylic acid groups (broad SMARTS) is 1. The molecule has 1 unspecified atom stereocenters. The molecule has 0 bridgehead atoms. The van der Waals surface area contributed by atoms with Crippen LogP contribution in [0.1, 0.15) is 43.5 Å². The summed E-state index contributed by atoms with van der Waals surface area (Å²) >= 11 is 0. The number of nitrogens with one attached hydrogen (secondary N) is 1. The number of hydrogen-bond donors (Lipinski definition) is 2. The molecule has 0 spiro atoms. The number of aryl methyl sites for hydroxylation is 1. The Labute approximate surface area is 131 Å². The second kappa shape index (κ2) is 6.47. The minimum atomic E-state index is -4.62. The lowest BCUT2D eigenvalue weighted by atomic mass is 10.00. The molecule has 0 saturated carbocycles. The quantitative estimate of drug-likeness (QED) is 0.885. The van der Waals surface area contributed by atoms with Crippen LogP contribution in [0.4, 0.5) is 18.0 Å². The average molecular weight is 333 g/mol. The zero-order valence-electron chi connectivity index (χ0n) is 13.1. The Balaban J connectivity index is 3.12. The Morgan fingerprint density at radius 1 is 1.22 bits per heavy atom. The van der Waals surface area contributed by atoms with Crippen molar-refractivity contribution in [1.82, 2.24) is 5.32 Å². The van der Waals surface area contributed by atoms with Gasteiger partial charge in [-0.15, -0.1) is 0 Å². The van der Waals surface area contributed by atoms with Gasteiger partial charge in [-0.2, -0.15) is 13.2 Å². The molecule has 0 saturated heterocycles. The summed E-state index contributed by atoms with van der Waals surface area (Å²) in [4.78, 5) is 23.0. The molecule has 1 atom stereocenters. The Bertz CT molecular complexity index is 606. The summed E-state index contributed by atoms with van der Waals surface area (Å²) < 4.78 is 43.7. The van der Waals surface area contributed by atoms with E-state index in [0.29, 0.717) is 6.07 Å². The van der Waals surface area contributed by atoms with E-state index in [1.807, 2.05) is 0 Å². The van der Waals surface area contributed by atoms with Crippen LogP contribution >= 0.6 is 0 Å². The molecule has 128 valence electrons. The Hall–Kier alpha value is -2.25. The lowest BCUT2D eigenvalue weighted by Crippen LogP contribution is -2.38. The fraction of sp³-hybridized carbons (Fsp3) is 0.467. The van der Waals surface area contributed by atoms with Gasteiger partial charge in [0, 0.05) is 0 Å². The number of carbonyl (C=O) groups excluding carboxylic acids is 1. The first-order valence-corrected chi connectivity index (χ1v) is 6.71. The second-order valence-corrected chi connectivity index (χ2v) is 5.99. The van der Waals surface area contributed by atoms with E-state index < -0.39 is 35.4 Å². The topological polar surface area (TPSA) is 75.6 Å². The summed E-state index contributed by atoms with van der Waals surface area (Å²) in [5, 5.41) is 11.2. The number of carbonyl (C=O) groups is 2. The van der Waals surface area contributed by atoms with Crippen LogP contribution in [0, 0.1) is 6.92 Å². The molecule has 23 heavy (non-hydrogen) atoms. The Morgan fingerprint density at radius 3 is 2.22 bits per heavy atom. The Morgan fingerprint density at radius 2 is 1.78 bits per heavy atom. The van der Waals surface area contributed by atoms with Gasteiger partial charge in [-0.3, -0.25) is 0 Å². The minimum absolute atomic E-state index is 0.0392. The maximum atomic E-state index is 12.9. The van der Waals surface area contributed by atoms with Crippen LogP contribution in [-0.2, 0) is 15.7 Å². The predicted octanol–water partition coefficient (Wildman–Crippen LogP) is 3.66. The maximum Gasteiger partial charge on any atom is 0.416 e. The van der Waals surface area contributed by atoms with Crippen molar-refractivity contribution >= 4 is 12.1 Å². The molecule has 0 heterocycles. The molecule has 0 fully saturated rings. The molecule has 0 aliphatic carbocycles. The van der Waals surface area contributed by atoms with E-state index in [-0.39, 0.29) is 11.1 Å². The maximum absolute atomic E-state index is 12.9. The number of alkyl halides is 3. The van der Waals surface area contributed by atoms with E-state index in [9.17, 15) is 27.9 Å². The predicted molar refractivity (Wildman–Crippen MR) is 75.9 cm³/mol. The number of ether oxygens (including phenoxy) is 1. The number of alkyl carbamates (subject to hydrolysis) is 1. The summed E-state index contributed by atoms with van der Waals surface area (Å²) in [6, 6.07) is 1.45. The molecule has 5 nitrogen and oxygen atoms in total. The smallest absolute Gasteiger partial charge is 0.416 e. The molecular formula is C15H18F3NO4. The molecule has 1 rings (SSSR count). The molecule has 0 aliphatic rings. The van der Waals surface area contributed by atoms with E-state index in [0.717, 1.165) is 6.07 Å². The number of rotatable bonds is 3. The average Bonchev–Trinajstić information content (AvgIpc) is 2.33. The number of hydrogen-bond acceptors (Lipinski definition) is 3. The van der Waals surface area contributed by atoms with Crippen LogP contribution in [-0.4, -0.2) is 22.8 Å². The van der Waals surface area contributed by atoms with Crippen LogP contribution < -0.4 is 5.32 Å². The summed E-state index contributed by atoms with van der Waals surface area (Å²) in [7, 11) is 0. The highest BCUT2D eigenvalue weighted by Gasteiger charge is 2.34. The van der Waals surface area contributed by atoms with Gasteiger partial charge >= 0.3 is 18.2 Å². The highest BCUT2D eigenvalue weighted by Crippen LogP contribution is 2.33. The highest BCUT2D eigenvalue weighted by molar-refractivity contribution is 5.81. The first-order chi connectivity index (χ1) is 10.3. The molecule has 1 aromatic rings. The third-order valence-electron chi connectivity index (χ3n) is 2.81. The van der Waals surface area contributed by atoms with E-state index in [4.69, 9.17) is 4.74 Å². The number of aliphatic carboxylic acids is 1. The van der Waals surface area contributed by atoms with Crippen molar-refractivity contribution in [1.29, 1.82) is 0 Å². The second-order valence-electron chi connectivity index (χ2n) is 5.99. The lowest BCUT2D eigenvalue weighted by molar-refractivity contribution is -0.141. The van der Waals surface area contributed by atoms with Crippen LogP contribution in [0.25, 0.3) is 0 Å². The van der Waals surface area contributed by atoms with E-state index in [2.05, 4.69) is 5.32 Å². The summed E-state index contributed by atoms with van der Waals surface area (Å²) in [6.45, 7) is 6.01. The highest BCUT2D eigenvalue weighted by atomic mass is 19.4. The van der Waals surface area contributed by atoms with E-state index >= 15 is 0 Å². The summed E-state index contributed by atoms with van der Waals surface area (Å²) in [6.07, 6.45) is -5.64. The third kappa shape index (κ3) is 5.46. The van der Waals surface area contributed by atoms with Crippen LogP contribution in [0.2, 0.25) is 0 Å². The van der Waals surface area contributed by atoms with E-state index in [1.54, 1.807) is 20.8 Å². The van der Waals surface area contributed by atoms with Crippen molar-refractivity contribution in [3.05, 3.63) is 34.9 Å². The summed E-state index contributed by atoms with van der Waals surface area (Å²) in [5.41, 5.74) is -2.05. The minimum Gasteiger partial charge on any atom is -0.479 e. The number of carboxylic acids is 1. The van der Waals surface area contributed by atoms with Gasteiger partial charge in [0.15, 0.2) is 6.04 Å². The van der Waals surface area contributed by atoms with Gasteiger partial charge in [0.2, 0.25) is 0 Å². The van der Waals surface area contributed by atoms with Crippen molar-refractivity contribution in [2.75, 3.05) is 0 Å². The van der Waals surface area contributed by atoms with Gasteiger partial charge in [-0.1, -0.05) is 12.1 Å². The fourth-order valence-corrected chi connectivity index (χ4v) is 1.84. The van der Waals surface area contributed by atoms with Gasteiger partial charge in [-0.05, 0) is 44.9 Å². The van der Waals surface area contributed by atoms with Gasteiger partial charge < -0.3 is 15.2 Å². The van der Waals surface area contributed by atoms with E-state index in [1.165, 1.54) is 13.0 Å². The monoisotopic (exact) mass is 333 g/mol. The molecule has 0 radical (unpaired) electrons. The molecule has 1 amide bonds. The van der Waals surface area contributed by atoms with Gasteiger partial charge in [-0.25, -0.2) is 9.59 Å². The first kappa shape index (κ1) is 18.8.